The highest BCUT2D eigenvalue weighted by Crippen LogP contribution is 2.30. The van der Waals surface area contributed by atoms with Crippen LogP contribution in [0.5, 0.6) is 5.75 Å². The Morgan fingerprint density at radius 1 is 1.37 bits per heavy atom. The molecule has 0 heterocycles. The number of rotatable bonds is 3. The number of nitrogens with one attached hydrogen (secondary N) is 1. The number of aryl methyl sites for hydroxylation is 1. The molecule has 4 N–H and O–H groups in total. The van der Waals surface area contributed by atoms with Crippen LogP contribution < -0.4 is 11.1 Å². The Bertz CT molecular complexity index is 451. The molecule has 104 valence electrons. The van der Waals surface area contributed by atoms with Gasteiger partial charge in [0.2, 0.25) is 5.91 Å². The fraction of sp³-hybridized carbons (Fsp3) is 0.533. The maximum Gasteiger partial charge on any atom is 0.227 e. The van der Waals surface area contributed by atoms with Crippen LogP contribution in [0.1, 0.15) is 31.2 Å². The standard InChI is InChI=1S/C15H22N2O2/c1-10-2-7-14(18)13(8-10)17-15(19)12-5-3-11(9-16)4-6-12/h2,7-8,11-12,18H,3-6,9,16H2,1H3,(H,17,19). The van der Waals surface area contributed by atoms with Gasteiger partial charge in [-0.1, -0.05) is 6.07 Å². The van der Waals surface area contributed by atoms with Crippen molar-refractivity contribution in [2.24, 2.45) is 17.6 Å². The molecular weight excluding hydrogens is 240 g/mol. The Kier molecular flexibility index (Phi) is 4.43. The normalized spacial score (nSPS) is 23.1. The Balaban J connectivity index is 1.96. The molecule has 2 rings (SSSR count). The van der Waals surface area contributed by atoms with Crippen LogP contribution in [0, 0.1) is 18.8 Å². The van der Waals surface area contributed by atoms with Crippen LogP contribution in [-0.4, -0.2) is 17.6 Å². The minimum absolute atomic E-state index is 0.0105. The second-order valence-electron chi connectivity index (χ2n) is 5.46. The average molecular weight is 262 g/mol. The van der Waals surface area contributed by atoms with Gasteiger partial charge in [-0.3, -0.25) is 4.79 Å². The number of benzene rings is 1. The summed E-state index contributed by atoms with van der Waals surface area (Å²) in [6, 6.07) is 5.21. The smallest absolute Gasteiger partial charge is 0.227 e. The topological polar surface area (TPSA) is 75.3 Å². The Morgan fingerprint density at radius 2 is 2.05 bits per heavy atom. The van der Waals surface area contributed by atoms with Crippen LogP contribution in [0.15, 0.2) is 18.2 Å². The van der Waals surface area contributed by atoms with E-state index in [-0.39, 0.29) is 17.6 Å². The van der Waals surface area contributed by atoms with Gasteiger partial charge in [0.15, 0.2) is 0 Å². The van der Waals surface area contributed by atoms with E-state index in [4.69, 9.17) is 5.73 Å². The van der Waals surface area contributed by atoms with Crippen molar-refractivity contribution in [1.29, 1.82) is 0 Å². The summed E-state index contributed by atoms with van der Waals surface area (Å²) in [6.45, 7) is 2.65. The van der Waals surface area contributed by atoms with Crippen molar-refractivity contribution in [3.63, 3.8) is 0 Å². The van der Waals surface area contributed by atoms with E-state index in [9.17, 15) is 9.90 Å². The SMILES string of the molecule is Cc1ccc(O)c(NC(=O)C2CCC(CN)CC2)c1. The Morgan fingerprint density at radius 3 is 2.68 bits per heavy atom. The zero-order valence-corrected chi connectivity index (χ0v) is 11.4. The third-order valence-electron chi connectivity index (χ3n) is 3.96. The van der Waals surface area contributed by atoms with Crippen LogP contribution in [0.2, 0.25) is 0 Å². The molecule has 0 bridgehead atoms. The molecule has 1 aliphatic carbocycles. The lowest BCUT2D eigenvalue weighted by molar-refractivity contribution is -0.121. The number of phenols is 1. The number of hydrogen-bond acceptors (Lipinski definition) is 3. The molecule has 1 amide bonds. The van der Waals surface area contributed by atoms with E-state index < -0.39 is 0 Å². The zero-order chi connectivity index (χ0) is 13.8. The van der Waals surface area contributed by atoms with E-state index in [2.05, 4.69) is 5.32 Å². The fourth-order valence-corrected chi connectivity index (χ4v) is 2.65. The summed E-state index contributed by atoms with van der Waals surface area (Å²) in [6.07, 6.45) is 3.82. The van der Waals surface area contributed by atoms with Crippen LogP contribution in [0.3, 0.4) is 0 Å². The lowest BCUT2D eigenvalue weighted by Crippen LogP contribution is -2.29. The third-order valence-corrected chi connectivity index (χ3v) is 3.96. The van der Waals surface area contributed by atoms with Crippen molar-refractivity contribution in [1.82, 2.24) is 0 Å². The molecular formula is C15H22N2O2. The number of hydrogen-bond donors (Lipinski definition) is 3. The minimum atomic E-state index is 0.0105. The number of aromatic hydroxyl groups is 1. The second-order valence-corrected chi connectivity index (χ2v) is 5.46. The van der Waals surface area contributed by atoms with E-state index in [0.717, 1.165) is 31.2 Å². The summed E-state index contributed by atoms with van der Waals surface area (Å²) in [4.78, 5) is 12.2. The van der Waals surface area contributed by atoms with Gasteiger partial charge in [0.25, 0.3) is 0 Å². The molecule has 4 nitrogen and oxygen atoms in total. The summed E-state index contributed by atoms with van der Waals surface area (Å²) in [5.41, 5.74) is 7.17. The quantitative estimate of drug-likeness (QED) is 0.732. The first-order valence-electron chi connectivity index (χ1n) is 6.90. The predicted molar refractivity (Wildman–Crippen MR) is 76.0 cm³/mol. The highest BCUT2D eigenvalue weighted by molar-refractivity contribution is 5.94. The number of nitrogens with two attached hydrogens (primary N) is 1. The molecule has 0 aliphatic heterocycles. The molecule has 1 aliphatic rings. The summed E-state index contributed by atoms with van der Waals surface area (Å²) < 4.78 is 0. The van der Waals surface area contributed by atoms with Crippen molar-refractivity contribution in [3.05, 3.63) is 23.8 Å². The summed E-state index contributed by atoms with van der Waals surface area (Å²) in [7, 11) is 0. The van der Waals surface area contributed by atoms with Crippen LogP contribution in [-0.2, 0) is 4.79 Å². The maximum atomic E-state index is 12.2. The molecule has 1 aromatic carbocycles. The molecule has 19 heavy (non-hydrogen) atoms. The first-order chi connectivity index (χ1) is 9.10. The average Bonchev–Trinajstić information content (AvgIpc) is 2.43. The van der Waals surface area contributed by atoms with Gasteiger partial charge in [0.1, 0.15) is 5.75 Å². The highest BCUT2D eigenvalue weighted by Gasteiger charge is 2.26. The van der Waals surface area contributed by atoms with Crippen molar-refractivity contribution in [2.45, 2.75) is 32.6 Å². The molecule has 4 heteroatoms. The van der Waals surface area contributed by atoms with Gasteiger partial charge in [-0.05, 0) is 62.8 Å². The number of carbonyl (C=O) groups is 1. The monoisotopic (exact) mass is 262 g/mol. The van der Waals surface area contributed by atoms with Gasteiger partial charge >= 0.3 is 0 Å². The van der Waals surface area contributed by atoms with Crippen molar-refractivity contribution >= 4 is 11.6 Å². The molecule has 1 aromatic rings. The van der Waals surface area contributed by atoms with E-state index in [1.54, 1.807) is 12.1 Å². The van der Waals surface area contributed by atoms with Gasteiger partial charge in [-0.25, -0.2) is 0 Å². The molecule has 0 spiro atoms. The van der Waals surface area contributed by atoms with E-state index >= 15 is 0 Å². The van der Waals surface area contributed by atoms with Gasteiger partial charge in [-0.2, -0.15) is 0 Å². The summed E-state index contributed by atoms with van der Waals surface area (Å²) in [5.74, 6) is 0.741. The Hall–Kier alpha value is -1.55. The number of amides is 1. The van der Waals surface area contributed by atoms with Gasteiger partial charge < -0.3 is 16.2 Å². The third kappa shape index (κ3) is 3.47. The van der Waals surface area contributed by atoms with E-state index in [1.165, 1.54) is 0 Å². The molecule has 1 saturated carbocycles. The van der Waals surface area contributed by atoms with Crippen LogP contribution in [0.4, 0.5) is 5.69 Å². The van der Waals surface area contributed by atoms with Crippen molar-refractivity contribution < 1.29 is 9.90 Å². The van der Waals surface area contributed by atoms with E-state index in [1.807, 2.05) is 13.0 Å². The highest BCUT2D eigenvalue weighted by atomic mass is 16.3. The van der Waals surface area contributed by atoms with Crippen LogP contribution >= 0.6 is 0 Å². The summed E-state index contributed by atoms with van der Waals surface area (Å²) >= 11 is 0. The molecule has 0 radical (unpaired) electrons. The van der Waals surface area contributed by atoms with Gasteiger partial charge in [0, 0.05) is 5.92 Å². The zero-order valence-electron chi connectivity index (χ0n) is 11.4. The first kappa shape index (κ1) is 13.9. The Labute approximate surface area is 114 Å². The number of carbonyl (C=O) groups excluding carboxylic acids is 1. The fourth-order valence-electron chi connectivity index (χ4n) is 2.65. The predicted octanol–water partition coefficient (Wildman–Crippen LogP) is 2.40. The van der Waals surface area contributed by atoms with E-state index in [0.29, 0.717) is 18.2 Å². The largest absolute Gasteiger partial charge is 0.506 e. The van der Waals surface area contributed by atoms with Crippen LogP contribution in [0.25, 0.3) is 0 Å². The first-order valence-corrected chi connectivity index (χ1v) is 6.90. The second kappa shape index (κ2) is 6.06. The van der Waals surface area contributed by atoms with Gasteiger partial charge in [0.05, 0.1) is 5.69 Å². The molecule has 0 saturated heterocycles. The van der Waals surface area contributed by atoms with Gasteiger partial charge in [-0.15, -0.1) is 0 Å². The molecule has 1 fully saturated rings. The van der Waals surface area contributed by atoms with Crippen molar-refractivity contribution in [2.75, 3.05) is 11.9 Å². The van der Waals surface area contributed by atoms with Crippen molar-refractivity contribution in [3.8, 4) is 5.75 Å². The summed E-state index contributed by atoms with van der Waals surface area (Å²) in [5, 5.41) is 12.6. The molecule has 0 aromatic heterocycles. The lowest BCUT2D eigenvalue weighted by atomic mass is 9.81. The minimum Gasteiger partial charge on any atom is -0.506 e. The number of phenolic OH excluding ortho intramolecular Hbond substituents is 1. The number of anilines is 1. The molecule has 0 unspecified atom stereocenters. The maximum absolute atomic E-state index is 12.2. The lowest BCUT2D eigenvalue weighted by Gasteiger charge is -2.26. The molecule has 0 atom stereocenters.